The Morgan fingerprint density at radius 3 is 2.24 bits per heavy atom. The number of para-hydroxylation sites is 1. The van der Waals surface area contributed by atoms with Gasteiger partial charge in [-0.2, -0.15) is 0 Å². The van der Waals surface area contributed by atoms with Gasteiger partial charge in [0, 0.05) is 6.61 Å². The number of hydrogen-bond acceptors (Lipinski definition) is 2. The molecule has 4 heteroatoms. The van der Waals surface area contributed by atoms with Crippen molar-refractivity contribution in [2.24, 2.45) is 0 Å². The molecule has 1 rings (SSSR count). The molecule has 0 heterocycles. The van der Waals surface area contributed by atoms with Crippen LogP contribution in [-0.4, -0.2) is 15.2 Å². The van der Waals surface area contributed by atoms with Crippen LogP contribution in [0.4, 0.5) is 0 Å². The molecule has 120 valence electrons. The van der Waals surface area contributed by atoms with E-state index in [-0.39, 0.29) is 0 Å². The van der Waals surface area contributed by atoms with Gasteiger partial charge in [0.2, 0.25) is 0 Å². The molecular formula is C17H29ClO2Si. The Morgan fingerprint density at radius 1 is 0.952 bits per heavy atom. The molecule has 0 bridgehead atoms. The largest absolute Gasteiger partial charge is 0.519 e. The highest BCUT2D eigenvalue weighted by atomic mass is 35.5. The number of hydrogen-bond donors (Lipinski definition) is 0. The van der Waals surface area contributed by atoms with Crippen molar-refractivity contribution in [1.82, 2.24) is 0 Å². The van der Waals surface area contributed by atoms with Crippen LogP contribution in [0.3, 0.4) is 0 Å². The first-order chi connectivity index (χ1) is 10.0. The lowest BCUT2D eigenvalue weighted by molar-refractivity contribution is 0.241. The number of halogens is 1. The monoisotopic (exact) mass is 328 g/mol. The third-order valence-corrected chi connectivity index (χ3v) is 5.31. The predicted octanol–water partition coefficient (Wildman–Crippen LogP) is 6.19. The molecule has 0 fully saturated rings. The minimum atomic E-state index is -2.14. The van der Waals surface area contributed by atoms with Crippen molar-refractivity contribution < 1.29 is 8.85 Å². The van der Waals surface area contributed by atoms with Crippen molar-refractivity contribution in [3.8, 4) is 5.75 Å². The molecule has 2 nitrogen and oxygen atoms in total. The lowest BCUT2D eigenvalue weighted by Crippen LogP contribution is -2.38. The van der Waals surface area contributed by atoms with Crippen LogP contribution in [0.5, 0.6) is 5.75 Å². The molecule has 0 N–H and O–H groups in total. The fourth-order valence-corrected chi connectivity index (χ4v) is 3.84. The molecule has 0 unspecified atom stereocenters. The summed E-state index contributed by atoms with van der Waals surface area (Å²) in [6.45, 7) is 7.17. The second-order valence-electron chi connectivity index (χ2n) is 5.90. The molecule has 0 atom stereocenters. The first-order valence-electron chi connectivity index (χ1n) is 8.12. The smallest absolute Gasteiger partial charge is 0.392 e. The maximum atomic E-state index is 6.12. The first-order valence-corrected chi connectivity index (χ1v) is 11.3. The summed E-state index contributed by atoms with van der Waals surface area (Å²) in [5, 5.41) is 0.651. The van der Waals surface area contributed by atoms with E-state index in [1.807, 2.05) is 24.3 Å². The normalized spacial score (nSPS) is 11.6. The summed E-state index contributed by atoms with van der Waals surface area (Å²) in [7, 11) is -2.14. The zero-order chi connectivity index (χ0) is 15.6. The molecule has 0 saturated carbocycles. The molecule has 0 aliphatic heterocycles. The van der Waals surface area contributed by atoms with Gasteiger partial charge in [-0.05, 0) is 31.6 Å². The van der Waals surface area contributed by atoms with Gasteiger partial charge in [-0.25, -0.2) is 0 Å². The zero-order valence-electron chi connectivity index (χ0n) is 13.7. The highest BCUT2D eigenvalue weighted by Crippen LogP contribution is 2.26. The molecule has 0 aliphatic carbocycles. The molecule has 0 amide bonds. The van der Waals surface area contributed by atoms with Crippen LogP contribution in [0, 0.1) is 0 Å². The number of benzene rings is 1. The first kappa shape index (κ1) is 18.5. The van der Waals surface area contributed by atoms with E-state index in [2.05, 4.69) is 20.0 Å². The predicted molar refractivity (Wildman–Crippen MR) is 93.5 cm³/mol. The summed E-state index contributed by atoms with van der Waals surface area (Å²) in [5.41, 5.74) is 0. The van der Waals surface area contributed by atoms with Crippen LogP contribution in [0.2, 0.25) is 18.1 Å². The Kier molecular flexibility index (Phi) is 9.05. The van der Waals surface area contributed by atoms with Crippen molar-refractivity contribution in [2.45, 2.75) is 65.0 Å². The van der Waals surface area contributed by atoms with Crippen LogP contribution >= 0.6 is 11.6 Å². The Hall–Kier alpha value is -0.513. The van der Waals surface area contributed by atoms with Crippen molar-refractivity contribution in [3.63, 3.8) is 0 Å². The number of unbranched alkanes of at least 4 members (excludes halogenated alkanes) is 6. The highest BCUT2D eigenvalue weighted by molar-refractivity contribution is 6.65. The molecular weight excluding hydrogens is 300 g/mol. The van der Waals surface area contributed by atoms with Gasteiger partial charge >= 0.3 is 8.56 Å². The molecule has 0 aromatic heterocycles. The minimum Gasteiger partial charge on any atom is -0.519 e. The van der Waals surface area contributed by atoms with Gasteiger partial charge in [0.05, 0.1) is 5.02 Å². The third kappa shape index (κ3) is 8.49. The highest BCUT2D eigenvalue weighted by Gasteiger charge is 2.27. The quantitative estimate of drug-likeness (QED) is 0.356. The summed E-state index contributed by atoms with van der Waals surface area (Å²) in [6, 6.07) is 7.58. The average molecular weight is 329 g/mol. The van der Waals surface area contributed by atoms with Crippen molar-refractivity contribution >= 4 is 20.2 Å². The summed E-state index contributed by atoms with van der Waals surface area (Å²) in [5.74, 6) is 0.732. The van der Waals surface area contributed by atoms with Gasteiger partial charge in [0.15, 0.2) is 0 Å². The van der Waals surface area contributed by atoms with Crippen LogP contribution < -0.4 is 4.43 Å². The van der Waals surface area contributed by atoms with Crippen LogP contribution in [-0.2, 0) is 4.43 Å². The van der Waals surface area contributed by atoms with Crippen LogP contribution in [0.15, 0.2) is 24.3 Å². The van der Waals surface area contributed by atoms with E-state index in [0.717, 1.165) is 18.8 Å². The maximum absolute atomic E-state index is 6.12. The molecule has 21 heavy (non-hydrogen) atoms. The van der Waals surface area contributed by atoms with Gasteiger partial charge < -0.3 is 8.85 Å². The second-order valence-corrected chi connectivity index (χ2v) is 9.60. The number of rotatable bonds is 11. The van der Waals surface area contributed by atoms with E-state index in [4.69, 9.17) is 20.5 Å². The Morgan fingerprint density at radius 2 is 1.57 bits per heavy atom. The summed E-state index contributed by atoms with van der Waals surface area (Å²) in [4.78, 5) is 0. The maximum Gasteiger partial charge on any atom is 0.392 e. The van der Waals surface area contributed by atoms with Crippen molar-refractivity contribution in [1.29, 1.82) is 0 Å². The summed E-state index contributed by atoms with van der Waals surface area (Å²) >= 11 is 6.12. The molecule has 0 spiro atoms. The molecule has 1 aromatic carbocycles. The van der Waals surface area contributed by atoms with Gasteiger partial charge in [-0.15, -0.1) is 0 Å². The second kappa shape index (κ2) is 10.3. The fourth-order valence-electron chi connectivity index (χ4n) is 2.20. The van der Waals surface area contributed by atoms with Gasteiger partial charge in [-0.3, -0.25) is 0 Å². The van der Waals surface area contributed by atoms with E-state index >= 15 is 0 Å². The standard InChI is InChI=1S/C17H29ClO2Si/c1-4-5-6-7-8-9-12-15-19-21(2,3)20-17-14-11-10-13-16(17)18/h10-11,13-14H,4-9,12,15H2,1-3H3. The van der Waals surface area contributed by atoms with Gasteiger partial charge in [-0.1, -0.05) is 69.2 Å². The van der Waals surface area contributed by atoms with E-state index in [9.17, 15) is 0 Å². The van der Waals surface area contributed by atoms with E-state index in [1.54, 1.807) is 0 Å². The third-order valence-electron chi connectivity index (χ3n) is 3.39. The van der Waals surface area contributed by atoms with E-state index in [0.29, 0.717) is 5.02 Å². The molecule has 0 aliphatic rings. The Balaban J connectivity index is 2.17. The molecule has 1 aromatic rings. The molecule has 0 radical (unpaired) electrons. The molecule has 0 saturated heterocycles. The van der Waals surface area contributed by atoms with Gasteiger partial charge in [0.25, 0.3) is 0 Å². The fraction of sp³-hybridized carbons (Fsp3) is 0.647. The topological polar surface area (TPSA) is 18.5 Å². The van der Waals surface area contributed by atoms with E-state index < -0.39 is 8.56 Å². The van der Waals surface area contributed by atoms with Crippen molar-refractivity contribution in [3.05, 3.63) is 29.3 Å². The average Bonchev–Trinajstić information content (AvgIpc) is 2.44. The van der Waals surface area contributed by atoms with Crippen LogP contribution in [0.1, 0.15) is 51.9 Å². The Labute approximate surface area is 136 Å². The lowest BCUT2D eigenvalue weighted by atomic mass is 10.1. The van der Waals surface area contributed by atoms with E-state index in [1.165, 1.54) is 38.5 Å². The van der Waals surface area contributed by atoms with Crippen LogP contribution in [0.25, 0.3) is 0 Å². The lowest BCUT2D eigenvalue weighted by Gasteiger charge is -2.24. The van der Waals surface area contributed by atoms with Crippen molar-refractivity contribution in [2.75, 3.05) is 6.61 Å². The Bertz CT molecular complexity index is 396. The zero-order valence-corrected chi connectivity index (χ0v) is 15.4. The summed E-state index contributed by atoms with van der Waals surface area (Å²) < 4.78 is 12.0. The SMILES string of the molecule is CCCCCCCCCO[Si](C)(C)Oc1ccccc1Cl. The van der Waals surface area contributed by atoms with Gasteiger partial charge in [0.1, 0.15) is 5.75 Å². The summed E-state index contributed by atoms with van der Waals surface area (Å²) in [6.07, 6.45) is 9.08. The minimum absolute atomic E-state index is 0.651.